The zero-order chi connectivity index (χ0) is 15.4. The fourth-order valence-corrected chi connectivity index (χ4v) is 2.58. The maximum atomic E-state index is 11.8. The van der Waals surface area contributed by atoms with Gasteiger partial charge in [0.15, 0.2) is 0 Å². The summed E-state index contributed by atoms with van der Waals surface area (Å²) in [6, 6.07) is 17.3. The number of rotatable bonds is 4. The lowest BCUT2D eigenvalue weighted by Crippen LogP contribution is -2.41. The Bertz CT molecular complexity index is 682. The number of carbonyl (C=O) groups is 2. The molecule has 0 aliphatic carbocycles. The van der Waals surface area contributed by atoms with E-state index >= 15 is 0 Å². The molecular weight excluding hydrogens is 278 g/mol. The van der Waals surface area contributed by atoms with Crippen molar-refractivity contribution >= 4 is 11.8 Å². The van der Waals surface area contributed by atoms with Crippen LogP contribution in [-0.2, 0) is 16.0 Å². The first-order valence-electron chi connectivity index (χ1n) is 7.36. The van der Waals surface area contributed by atoms with E-state index in [9.17, 15) is 9.59 Å². The summed E-state index contributed by atoms with van der Waals surface area (Å²) in [4.78, 5) is 23.0. The van der Waals surface area contributed by atoms with E-state index in [-0.39, 0.29) is 17.7 Å². The maximum Gasteiger partial charge on any atom is 0.230 e. The number of piperidine rings is 1. The van der Waals surface area contributed by atoms with Crippen molar-refractivity contribution in [2.75, 3.05) is 0 Å². The maximum absolute atomic E-state index is 11.8. The lowest BCUT2D eigenvalue weighted by atomic mass is 9.91. The standard InChI is InChI=1S/C18H17NO3/c20-17-10-9-14(18(21)19-17)11-13-5-4-8-16(12-13)22-15-6-2-1-3-7-15/h1-8,12,14H,9-11H2,(H,19,20,21). The largest absolute Gasteiger partial charge is 0.457 e. The molecule has 1 heterocycles. The van der Waals surface area contributed by atoms with Crippen molar-refractivity contribution in [2.45, 2.75) is 19.3 Å². The first-order chi connectivity index (χ1) is 10.7. The summed E-state index contributed by atoms with van der Waals surface area (Å²) >= 11 is 0. The van der Waals surface area contributed by atoms with Crippen molar-refractivity contribution in [3.63, 3.8) is 0 Å². The molecule has 1 aliphatic rings. The van der Waals surface area contributed by atoms with Crippen molar-refractivity contribution < 1.29 is 14.3 Å². The normalized spacial score (nSPS) is 17.9. The molecule has 2 amide bonds. The number of carbonyl (C=O) groups excluding carboxylic acids is 2. The second-order valence-corrected chi connectivity index (χ2v) is 5.41. The monoisotopic (exact) mass is 295 g/mol. The average Bonchev–Trinajstić information content (AvgIpc) is 2.52. The Kier molecular flexibility index (Phi) is 4.19. The van der Waals surface area contributed by atoms with Crippen molar-refractivity contribution in [1.82, 2.24) is 5.32 Å². The third kappa shape index (κ3) is 3.52. The van der Waals surface area contributed by atoms with Crippen LogP contribution in [0.4, 0.5) is 0 Å². The number of benzene rings is 2. The highest BCUT2D eigenvalue weighted by Gasteiger charge is 2.26. The van der Waals surface area contributed by atoms with Gasteiger partial charge in [-0.1, -0.05) is 30.3 Å². The fraction of sp³-hybridized carbons (Fsp3) is 0.222. The summed E-state index contributed by atoms with van der Waals surface area (Å²) in [5, 5.41) is 2.39. The molecule has 0 aromatic heterocycles. The minimum Gasteiger partial charge on any atom is -0.457 e. The zero-order valence-corrected chi connectivity index (χ0v) is 12.1. The number of para-hydroxylation sites is 1. The van der Waals surface area contributed by atoms with Gasteiger partial charge >= 0.3 is 0 Å². The van der Waals surface area contributed by atoms with Gasteiger partial charge < -0.3 is 4.74 Å². The summed E-state index contributed by atoms with van der Waals surface area (Å²) in [6.45, 7) is 0. The molecule has 0 radical (unpaired) electrons. The highest BCUT2D eigenvalue weighted by atomic mass is 16.5. The van der Waals surface area contributed by atoms with Gasteiger partial charge in [0.05, 0.1) is 0 Å². The Morgan fingerprint density at radius 2 is 1.77 bits per heavy atom. The minimum atomic E-state index is -0.178. The van der Waals surface area contributed by atoms with Crippen LogP contribution in [-0.4, -0.2) is 11.8 Å². The quantitative estimate of drug-likeness (QED) is 0.882. The molecule has 4 nitrogen and oxygen atoms in total. The molecule has 0 spiro atoms. The molecule has 1 unspecified atom stereocenters. The molecule has 2 aromatic rings. The highest BCUT2D eigenvalue weighted by molar-refractivity contribution is 5.98. The van der Waals surface area contributed by atoms with Crippen LogP contribution < -0.4 is 10.1 Å². The van der Waals surface area contributed by atoms with E-state index < -0.39 is 0 Å². The van der Waals surface area contributed by atoms with E-state index in [2.05, 4.69) is 5.32 Å². The number of hydrogen-bond acceptors (Lipinski definition) is 3. The average molecular weight is 295 g/mol. The number of hydrogen-bond donors (Lipinski definition) is 1. The van der Waals surface area contributed by atoms with Crippen LogP contribution in [0.3, 0.4) is 0 Å². The molecule has 2 aromatic carbocycles. The van der Waals surface area contributed by atoms with Crippen LogP contribution >= 0.6 is 0 Å². The summed E-state index contributed by atoms with van der Waals surface area (Å²) in [6.07, 6.45) is 1.64. The Morgan fingerprint density at radius 1 is 1.00 bits per heavy atom. The minimum absolute atomic E-state index is 0.148. The summed E-state index contributed by atoms with van der Waals surface area (Å²) in [7, 11) is 0. The molecule has 1 atom stereocenters. The second kappa shape index (κ2) is 6.43. The van der Waals surface area contributed by atoms with E-state index in [1.165, 1.54) is 0 Å². The van der Waals surface area contributed by atoms with E-state index in [0.717, 1.165) is 17.1 Å². The van der Waals surface area contributed by atoms with Gasteiger partial charge in [0.25, 0.3) is 0 Å². The van der Waals surface area contributed by atoms with Gasteiger partial charge in [0, 0.05) is 12.3 Å². The topological polar surface area (TPSA) is 55.4 Å². The second-order valence-electron chi connectivity index (χ2n) is 5.41. The Hall–Kier alpha value is -2.62. The van der Waals surface area contributed by atoms with E-state index in [0.29, 0.717) is 19.3 Å². The molecule has 1 saturated heterocycles. The van der Waals surface area contributed by atoms with E-state index in [1.54, 1.807) is 0 Å². The zero-order valence-electron chi connectivity index (χ0n) is 12.1. The van der Waals surface area contributed by atoms with E-state index in [1.807, 2.05) is 54.6 Å². The van der Waals surface area contributed by atoms with Gasteiger partial charge in [-0.2, -0.15) is 0 Å². The molecular formula is C18H17NO3. The first-order valence-corrected chi connectivity index (χ1v) is 7.36. The number of ether oxygens (including phenoxy) is 1. The van der Waals surface area contributed by atoms with Crippen LogP contribution in [0, 0.1) is 5.92 Å². The van der Waals surface area contributed by atoms with Gasteiger partial charge in [0.2, 0.25) is 11.8 Å². The Balaban J connectivity index is 1.69. The van der Waals surface area contributed by atoms with Crippen LogP contribution in [0.15, 0.2) is 54.6 Å². The Labute approximate surface area is 129 Å². The SMILES string of the molecule is O=C1CCC(Cc2cccc(Oc3ccccc3)c2)C(=O)N1. The lowest BCUT2D eigenvalue weighted by Gasteiger charge is -2.20. The number of amides is 2. The third-order valence-corrected chi connectivity index (χ3v) is 3.71. The molecule has 1 fully saturated rings. The van der Waals surface area contributed by atoms with Crippen LogP contribution in [0.5, 0.6) is 11.5 Å². The number of nitrogens with one attached hydrogen (secondary N) is 1. The van der Waals surface area contributed by atoms with Crippen molar-refractivity contribution in [2.24, 2.45) is 5.92 Å². The van der Waals surface area contributed by atoms with Crippen LogP contribution in [0.2, 0.25) is 0 Å². The summed E-state index contributed by atoms with van der Waals surface area (Å²) in [5.74, 6) is 1.02. The molecule has 1 aliphatic heterocycles. The van der Waals surface area contributed by atoms with Crippen molar-refractivity contribution in [3.8, 4) is 11.5 Å². The first kappa shape index (κ1) is 14.3. The van der Waals surface area contributed by atoms with Crippen LogP contribution in [0.1, 0.15) is 18.4 Å². The smallest absolute Gasteiger partial charge is 0.230 e. The molecule has 4 heteroatoms. The Morgan fingerprint density at radius 3 is 2.55 bits per heavy atom. The molecule has 0 saturated carbocycles. The molecule has 22 heavy (non-hydrogen) atoms. The molecule has 0 bridgehead atoms. The van der Waals surface area contributed by atoms with Crippen molar-refractivity contribution in [3.05, 3.63) is 60.2 Å². The van der Waals surface area contributed by atoms with Crippen LogP contribution in [0.25, 0.3) is 0 Å². The van der Waals surface area contributed by atoms with Gasteiger partial charge in [-0.05, 0) is 42.7 Å². The van der Waals surface area contributed by atoms with Gasteiger partial charge in [-0.3, -0.25) is 14.9 Å². The molecule has 1 N–H and O–H groups in total. The van der Waals surface area contributed by atoms with Gasteiger partial charge in [0.1, 0.15) is 11.5 Å². The van der Waals surface area contributed by atoms with Crippen molar-refractivity contribution in [1.29, 1.82) is 0 Å². The number of imide groups is 1. The van der Waals surface area contributed by atoms with Gasteiger partial charge in [-0.25, -0.2) is 0 Å². The third-order valence-electron chi connectivity index (χ3n) is 3.71. The summed E-state index contributed by atoms with van der Waals surface area (Å²) in [5.41, 5.74) is 1.03. The fourth-order valence-electron chi connectivity index (χ4n) is 2.58. The van der Waals surface area contributed by atoms with E-state index in [4.69, 9.17) is 4.74 Å². The lowest BCUT2D eigenvalue weighted by molar-refractivity contribution is -0.136. The van der Waals surface area contributed by atoms with Gasteiger partial charge in [-0.15, -0.1) is 0 Å². The summed E-state index contributed by atoms with van der Waals surface area (Å²) < 4.78 is 5.80. The molecule has 3 rings (SSSR count). The highest BCUT2D eigenvalue weighted by Crippen LogP contribution is 2.24. The predicted molar refractivity (Wildman–Crippen MR) is 82.5 cm³/mol. The molecule has 112 valence electrons. The predicted octanol–water partition coefficient (Wildman–Crippen LogP) is 3.07.